The maximum atomic E-state index is 5.42. The molecule has 4 nitrogen and oxygen atoms in total. The lowest BCUT2D eigenvalue weighted by Gasteiger charge is -2.34. The van der Waals surface area contributed by atoms with Crippen LogP contribution >= 0.6 is 0 Å². The number of benzene rings is 10. The number of hydrogen-bond donors (Lipinski definition) is 0. The lowest BCUT2D eigenvalue weighted by Crippen LogP contribution is -2.28. The van der Waals surface area contributed by atoms with Crippen molar-refractivity contribution in [1.82, 2.24) is 19.9 Å². The molecule has 0 atom stereocenters. The molecular formula is C71H50N4. The zero-order chi connectivity index (χ0) is 50.3. The van der Waals surface area contributed by atoms with Crippen molar-refractivity contribution in [3.05, 3.63) is 301 Å². The van der Waals surface area contributed by atoms with E-state index in [1.807, 2.05) is 6.92 Å². The van der Waals surface area contributed by atoms with E-state index in [1.54, 1.807) is 0 Å². The van der Waals surface area contributed by atoms with Gasteiger partial charge in [-0.05, 0) is 128 Å². The maximum absolute atomic E-state index is 5.42. The molecule has 2 heterocycles. The van der Waals surface area contributed by atoms with Crippen LogP contribution < -0.4 is 0 Å². The van der Waals surface area contributed by atoms with Gasteiger partial charge in [0.2, 0.25) is 0 Å². The Morgan fingerprint density at radius 2 is 0.693 bits per heavy atom. The molecule has 1 aliphatic carbocycles. The van der Waals surface area contributed by atoms with Crippen molar-refractivity contribution in [1.29, 1.82) is 0 Å². The summed E-state index contributed by atoms with van der Waals surface area (Å²) in [6.07, 6.45) is 0. The van der Waals surface area contributed by atoms with Gasteiger partial charge < -0.3 is 0 Å². The van der Waals surface area contributed by atoms with Crippen LogP contribution in [0.3, 0.4) is 0 Å². The molecule has 0 radical (unpaired) electrons. The summed E-state index contributed by atoms with van der Waals surface area (Å²) < 4.78 is 0. The fourth-order valence-electron chi connectivity index (χ4n) is 11.4. The van der Waals surface area contributed by atoms with Crippen LogP contribution in [0.4, 0.5) is 0 Å². The van der Waals surface area contributed by atoms with Gasteiger partial charge in [-0.3, -0.25) is 4.98 Å². The monoisotopic (exact) mass is 958 g/mol. The smallest absolute Gasteiger partial charge is 0.164 e. The minimum atomic E-state index is -0.580. The summed E-state index contributed by atoms with van der Waals surface area (Å²) in [7, 11) is 0. The zero-order valence-electron chi connectivity index (χ0n) is 41.7. The number of aromatic nitrogens is 4. The van der Waals surface area contributed by atoms with Crippen molar-refractivity contribution in [2.45, 2.75) is 19.3 Å². The van der Waals surface area contributed by atoms with Crippen molar-refractivity contribution >= 4 is 0 Å². The van der Waals surface area contributed by atoms with Gasteiger partial charge in [-0.2, -0.15) is 0 Å². The van der Waals surface area contributed by atoms with Gasteiger partial charge in [-0.25, -0.2) is 15.0 Å². The Bertz CT molecular complexity index is 3940. The van der Waals surface area contributed by atoms with Crippen LogP contribution in [0.15, 0.2) is 267 Å². The number of nitrogens with zero attached hydrogens (tertiary/aromatic N) is 4. The predicted molar refractivity (Wildman–Crippen MR) is 308 cm³/mol. The molecule has 0 saturated heterocycles. The number of fused-ring (bicyclic) bond motifs is 3. The van der Waals surface area contributed by atoms with Gasteiger partial charge in [0, 0.05) is 33.6 Å². The van der Waals surface area contributed by atoms with Gasteiger partial charge in [0.05, 0.1) is 5.41 Å². The molecule has 0 amide bonds. The number of rotatable bonds is 10. The Labute approximate surface area is 438 Å². The first-order valence-corrected chi connectivity index (χ1v) is 25.6. The quantitative estimate of drug-likeness (QED) is 0.137. The Balaban J connectivity index is 1.00. The predicted octanol–water partition coefficient (Wildman–Crippen LogP) is 17.6. The summed E-state index contributed by atoms with van der Waals surface area (Å²) in [5, 5.41) is 0. The Kier molecular flexibility index (Phi) is 11.5. The zero-order valence-corrected chi connectivity index (χ0v) is 41.7. The second kappa shape index (κ2) is 19.1. The summed E-state index contributed by atoms with van der Waals surface area (Å²) >= 11 is 0. The first-order chi connectivity index (χ1) is 37.0. The van der Waals surface area contributed by atoms with E-state index in [4.69, 9.17) is 19.9 Å². The maximum Gasteiger partial charge on any atom is 0.164 e. The molecule has 12 aromatic rings. The molecule has 0 fully saturated rings. The van der Waals surface area contributed by atoms with Crippen LogP contribution in [0.2, 0.25) is 0 Å². The highest BCUT2D eigenvalue weighted by atomic mass is 15.0. The topological polar surface area (TPSA) is 51.6 Å². The standard InChI is InChI=1S/C71H50N4/c1-47-35-41-60(48(2)72-47)54-27-20-28-55(43-54)69-73-68(74-70(75-69)56-40-42-62-61-33-18-19-34-65(61)71(66(62)46-56,58-29-14-6-15-30-58)59-31-16-7-17-32-59)53-38-36-52(37-39-53)67-63(50-23-10-4-11-24-50)44-57(49-21-8-3-9-22-49)45-64(67)51-25-12-5-13-26-51/h3-46H,1-2H3. The molecule has 0 aliphatic heterocycles. The summed E-state index contributed by atoms with van der Waals surface area (Å²) in [4.78, 5) is 21.0. The minimum Gasteiger partial charge on any atom is -0.258 e. The lowest BCUT2D eigenvalue weighted by molar-refractivity contribution is 0.768. The van der Waals surface area contributed by atoms with Crippen LogP contribution in [0.25, 0.3) is 101 Å². The third kappa shape index (κ3) is 8.14. The molecule has 0 spiro atoms. The summed E-state index contributed by atoms with van der Waals surface area (Å²) in [6.45, 7) is 4.10. The van der Waals surface area contributed by atoms with Crippen LogP contribution in [0, 0.1) is 13.8 Å². The third-order valence-electron chi connectivity index (χ3n) is 14.9. The van der Waals surface area contributed by atoms with E-state index in [9.17, 15) is 0 Å². The third-order valence-corrected chi connectivity index (χ3v) is 14.9. The van der Waals surface area contributed by atoms with E-state index >= 15 is 0 Å². The van der Waals surface area contributed by atoms with Gasteiger partial charge in [-0.15, -0.1) is 0 Å². The van der Waals surface area contributed by atoms with E-state index in [2.05, 4.69) is 274 Å². The van der Waals surface area contributed by atoms with Crippen molar-refractivity contribution in [3.8, 4) is 101 Å². The van der Waals surface area contributed by atoms with E-state index in [1.165, 1.54) is 38.9 Å². The normalized spacial score (nSPS) is 12.2. The first-order valence-electron chi connectivity index (χ1n) is 25.6. The van der Waals surface area contributed by atoms with E-state index in [0.717, 1.165) is 78.1 Å². The molecule has 0 bridgehead atoms. The largest absolute Gasteiger partial charge is 0.258 e. The van der Waals surface area contributed by atoms with Crippen molar-refractivity contribution in [3.63, 3.8) is 0 Å². The van der Waals surface area contributed by atoms with Crippen LogP contribution in [-0.2, 0) is 5.41 Å². The molecule has 0 unspecified atom stereocenters. The van der Waals surface area contributed by atoms with Gasteiger partial charge in [-0.1, -0.05) is 237 Å². The van der Waals surface area contributed by atoms with E-state index in [-0.39, 0.29) is 0 Å². The Hall–Kier alpha value is -9.64. The van der Waals surface area contributed by atoms with Crippen LogP contribution in [0.5, 0.6) is 0 Å². The van der Waals surface area contributed by atoms with E-state index < -0.39 is 5.41 Å². The van der Waals surface area contributed by atoms with Gasteiger partial charge in [0.15, 0.2) is 17.5 Å². The second-order valence-electron chi connectivity index (χ2n) is 19.4. The molecule has 0 saturated carbocycles. The van der Waals surface area contributed by atoms with E-state index in [0.29, 0.717) is 17.5 Å². The average molecular weight is 959 g/mol. The molecule has 1 aliphatic rings. The van der Waals surface area contributed by atoms with Crippen molar-refractivity contribution in [2.24, 2.45) is 0 Å². The summed E-state index contributed by atoms with van der Waals surface area (Å²) in [5.41, 5.74) is 22.7. The van der Waals surface area contributed by atoms with Crippen LogP contribution in [-0.4, -0.2) is 19.9 Å². The van der Waals surface area contributed by atoms with Crippen molar-refractivity contribution < 1.29 is 0 Å². The second-order valence-corrected chi connectivity index (χ2v) is 19.4. The highest BCUT2D eigenvalue weighted by Gasteiger charge is 2.46. The fraction of sp³-hybridized carbons (Fsp3) is 0.0423. The number of hydrogen-bond acceptors (Lipinski definition) is 4. The molecule has 13 rings (SSSR count). The fourth-order valence-corrected chi connectivity index (χ4v) is 11.4. The van der Waals surface area contributed by atoms with Gasteiger partial charge >= 0.3 is 0 Å². The molecule has 354 valence electrons. The Morgan fingerprint density at radius 1 is 0.253 bits per heavy atom. The van der Waals surface area contributed by atoms with Crippen molar-refractivity contribution in [2.75, 3.05) is 0 Å². The highest BCUT2D eigenvalue weighted by Crippen LogP contribution is 2.56. The van der Waals surface area contributed by atoms with Gasteiger partial charge in [0.25, 0.3) is 0 Å². The summed E-state index contributed by atoms with van der Waals surface area (Å²) in [6, 6.07) is 95.7. The molecule has 0 N–H and O–H groups in total. The molecule has 2 aromatic heterocycles. The molecule has 75 heavy (non-hydrogen) atoms. The Morgan fingerprint density at radius 3 is 1.28 bits per heavy atom. The molecular weight excluding hydrogens is 909 g/mol. The van der Waals surface area contributed by atoms with Crippen LogP contribution in [0.1, 0.15) is 33.6 Å². The summed E-state index contributed by atoms with van der Waals surface area (Å²) in [5.74, 6) is 1.78. The molecule has 10 aromatic carbocycles. The highest BCUT2D eigenvalue weighted by molar-refractivity contribution is 5.98. The minimum absolute atomic E-state index is 0.580. The first kappa shape index (κ1) is 45.2. The SMILES string of the molecule is Cc1ccc(-c2cccc(-c3nc(-c4ccc(-c5c(-c6ccccc6)cc(-c6ccccc6)cc5-c5ccccc5)cc4)nc(-c4ccc5c(c4)C(c4ccccc4)(c4ccccc4)c4ccccc4-5)n3)c2)c(C)n1. The molecule has 4 heteroatoms. The van der Waals surface area contributed by atoms with Gasteiger partial charge in [0.1, 0.15) is 0 Å². The number of pyridine rings is 1. The number of aryl methyl sites for hydroxylation is 2. The average Bonchev–Trinajstić information content (AvgIpc) is 3.84. The lowest BCUT2D eigenvalue weighted by atomic mass is 9.67.